The fourth-order valence-electron chi connectivity index (χ4n) is 2.80. The minimum Gasteiger partial charge on any atom is -0.300 e. The molecular weight excluding hydrogens is 224 g/mol. The van der Waals surface area contributed by atoms with Gasteiger partial charge in [-0.25, -0.2) is 0 Å². The van der Waals surface area contributed by atoms with Crippen molar-refractivity contribution in [3.8, 4) is 0 Å². The van der Waals surface area contributed by atoms with E-state index in [1.807, 2.05) is 0 Å². The number of ketones is 2. The molecule has 4 unspecified atom stereocenters. The number of carbonyl (C=O) groups is 2. The first-order chi connectivity index (χ1) is 8.27. The Hall–Kier alpha value is -0.660. The normalized spacial score (nSPS) is 17.9. The first kappa shape index (κ1) is 17.3. The van der Waals surface area contributed by atoms with Gasteiger partial charge in [-0.2, -0.15) is 0 Å². The van der Waals surface area contributed by atoms with Crippen LogP contribution < -0.4 is 0 Å². The van der Waals surface area contributed by atoms with Crippen LogP contribution in [0.25, 0.3) is 0 Å². The van der Waals surface area contributed by atoms with Gasteiger partial charge in [0, 0.05) is 12.3 Å². The van der Waals surface area contributed by atoms with Gasteiger partial charge in [0.1, 0.15) is 11.6 Å². The van der Waals surface area contributed by atoms with Crippen LogP contribution in [0.1, 0.15) is 67.2 Å². The van der Waals surface area contributed by atoms with Crippen LogP contribution in [-0.2, 0) is 9.59 Å². The summed E-state index contributed by atoms with van der Waals surface area (Å²) in [6.45, 7) is 12.1. The molecule has 0 aliphatic carbocycles. The second-order valence-electron chi connectivity index (χ2n) is 6.19. The first-order valence-electron chi connectivity index (χ1n) is 7.27. The van der Waals surface area contributed by atoms with E-state index in [1.54, 1.807) is 13.8 Å². The van der Waals surface area contributed by atoms with Crippen molar-refractivity contribution in [3.05, 3.63) is 0 Å². The van der Waals surface area contributed by atoms with Gasteiger partial charge in [0.2, 0.25) is 0 Å². The molecule has 0 aromatic heterocycles. The van der Waals surface area contributed by atoms with Gasteiger partial charge >= 0.3 is 0 Å². The van der Waals surface area contributed by atoms with Crippen molar-refractivity contribution in [2.24, 2.45) is 23.7 Å². The van der Waals surface area contributed by atoms with Crippen molar-refractivity contribution in [3.63, 3.8) is 0 Å². The van der Waals surface area contributed by atoms with E-state index in [4.69, 9.17) is 0 Å². The molecule has 0 fully saturated rings. The molecule has 0 rings (SSSR count). The number of hydrogen-bond acceptors (Lipinski definition) is 2. The molecule has 106 valence electrons. The van der Waals surface area contributed by atoms with E-state index >= 15 is 0 Å². The van der Waals surface area contributed by atoms with Crippen LogP contribution in [0.4, 0.5) is 0 Å². The quantitative estimate of drug-likeness (QED) is 0.616. The molecule has 0 amide bonds. The summed E-state index contributed by atoms with van der Waals surface area (Å²) < 4.78 is 0. The zero-order valence-corrected chi connectivity index (χ0v) is 13.0. The summed E-state index contributed by atoms with van der Waals surface area (Å²) >= 11 is 0. The maximum Gasteiger partial charge on any atom is 0.133 e. The lowest BCUT2D eigenvalue weighted by molar-refractivity contribution is -0.127. The van der Waals surface area contributed by atoms with E-state index < -0.39 is 0 Å². The Labute approximate surface area is 113 Å². The Balaban J connectivity index is 4.36. The van der Waals surface area contributed by atoms with Gasteiger partial charge in [-0.05, 0) is 44.4 Å². The lowest BCUT2D eigenvalue weighted by atomic mass is 9.79. The standard InChI is InChI=1S/C16H30O2/c1-7-11(2)8-12(3)9-13(4)16(15(6)18)10-14(5)17/h11-13,16H,7-10H2,1-6H3. The maximum atomic E-state index is 11.6. The molecule has 0 aliphatic rings. The molecule has 0 radical (unpaired) electrons. The second-order valence-corrected chi connectivity index (χ2v) is 6.19. The maximum absolute atomic E-state index is 11.6. The predicted octanol–water partition coefficient (Wildman–Crippen LogP) is 4.27. The van der Waals surface area contributed by atoms with Crippen molar-refractivity contribution in [2.45, 2.75) is 67.2 Å². The highest BCUT2D eigenvalue weighted by molar-refractivity contribution is 5.85. The molecule has 0 bridgehead atoms. The van der Waals surface area contributed by atoms with E-state index in [0.717, 1.165) is 12.3 Å². The fraction of sp³-hybridized carbons (Fsp3) is 0.875. The summed E-state index contributed by atoms with van der Waals surface area (Å²) in [7, 11) is 0. The van der Waals surface area contributed by atoms with Gasteiger partial charge in [-0.3, -0.25) is 4.79 Å². The molecule has 0 N–H and O–H groups in total. The monoisotopic (exact) mass is 254 g/mol. The van der Waals surface area contributed by atoms with Crippen molar-refractivity contribution < 1.29 is 9.59 Å². The molecule has 0 heterocycles. The second kappa shape index (κ2) is 8.44. The molecule has 18 heavy (non-hydrogen) atoms. The van der Waals surface area contributed by atoms with Gasteiger partial charge in [-0.1, -0.05) is 34.1 Å². The Morgan fingerprint density at radius 1 is 0.944 bits per heavy atom. The van der Waals surface area contributed by atoms with Gasteiger partial charge < -0.3 is 4.79 Å². The summed E-state index contributed by atoms with van der Waals surface area (Å²) in [6, 6.07) is 0. The number of rotatable bonds is 9. The largest absolute Gasteiger partial charge is 0.300 e. The summed E-state index contributed by atoms with van der Waals surface area (Å²) in [4.78, 5) is 22.8. The lowest BCUT2D eigenvalue weighted by Crippen LogP contribution is -2.24. The molecule has 0 aromatic carbocycles. The van der Waals surface area contributed by atoms with Crippen LogP contribution in [-0.4, -0.2) is 11.6 Å². The Bertz CT molecular complexity index is 270. The molecule has 0 aliphatic heterocycles. The van der Waals surface area contributed by atoms with Crippen molar-refractivity contribution in [1.29, 1.82) is 0 Å². The Morgan fingerprint density at radius 3 is 1.89 bits per heavy atom. The molecule has 0 spiro atoms. The third-order valence-corrected chi connectivity index (χ3v) is 3.99. The van der Waals surface area contributed by atoms with E-state index in [0.29, 0.717) is 18.3 Å². The van der Waals surface area contributed by atoms with Crippen LogP contribution in [0.5, 0.6) is 0 Å². The lowest BCUT2D eigenvalue weighted by Gasteiger charge is -2.25. The Kier molecular flexibility index (Phi) is 8.13. The van der Waals surface area contributed by atoms with Crippen molar-refractivity contribution in [2.75, 3.05) is 0 Å². The van der Waals surface area contributed by atoms with Crippen LogP contribution in [0.15, 0.2) is 0 Å². The Morgan fingerprint density at radius 2 is 1.50 bits per heavy atom. The van der Waals surface area contributed by atoms with Gasteiger partial charge in [0.15, 0.2) is 0 Å². The third-order valence-electron chi connectivity index (χ3n) is 3.99. The van der Waals surface area contributed by atoms with Gasteiger partial charge in [-0.15, -0.1) is 0 Å². The van der Waals surface area contributed by atoms with Crippen LogP contribution in [0.3, 0.4) is 0 Å². The van der Waals surface area contributed by atoms with E-state index in [9.17, 15) is 9.59 Å². The minimum atomic E-state index is -0.0816. The molecule has 0 aromatic rings. The number of carbonyl (C=O) groups excluding carboxylic acids is 2. The summed E-state index contributed by atoms with van der Waals surface area (Å²) in [5.74, 6) is 1.89. The van der Waals surface area contributed by atoms with Crippen LogP contribution >= 0.6 is 0 Å². The van der Waals surface area contributed by atoms with Crippen LogP contribution in [0, 0.1) is 23.7 Å². The highest BCUT2D eigenvalue weighted by Crippen LogP contribution is 2.28. The summed E-state index contributed by atoms with van der Waals surface area (Å²) in [6.07, 6.45) is 3.88. The van der Waals surface area contributed by atoms with E-state index in [-0.39, 0.29) is 17.5 Å². The molecule has 4 atom stereocenters. The summed E-state index contributed by atoms with van der Waals surface area (Å²) in [5.41, 5.74) is 0. The zero-order valence-electron chi connectivity index (χ0n) is 13.0. The van der Waals surface area contributed by atoms with Gasteiger partial charge in [0.05, 0.1) is 0 Å². The third kappa shape index (κ3) is 6.93. The predicted molar refractivity (Wildman–Crippen MR) is 76.5 cm³/mol. The summed E-state index contributed by atoms with van der Waals surface area (Å²) in [5, 5.41) is 0. The van der Waals surface area contributed by atoms with Crippen molar-refractivity contribution in [1.82, 2.24) is 0 Å². The molecule has 0 saturated carbocycles. The smallest absolute Gasteiger partial charge is 0.133 e. The highest BCUT2D eigenvalue weighted by Gasteiger charge is 2.25. The molecule has 2 heteroatoms. The zero-order chi connectivity index (χ0) is 14.3. The van der Waals surface area contributed by atoms with E-state index in [1.165, 1.54) is 12.8 Å². The van der Waals surface area contributed by atoms with Gasteiger partial charge in [0.25, 0.3) is 0 Å². The highest BCUT2D eigenvalue weighted by atomic mass is 16.1. The molecule has 2 nitrogen and oxygen atoms in total. The van der Waals surface area contributed by atoms with E-state index in [2.05, 4.69) is 27.7 Å². The first-order valence-corrected chi connectivity index (χ1v) is 7.27. The van der Waals surface area contributed by atoms with Crippen LogP contribution in [0.2, 0.25) is 0 Å². The number of hydrogen-bond donors (Lipinski definition) is 0. The van der Waals surface area contributed by atoms with Crippen molar-refractivity contribution >= 4 is 11.6 Å². The average Bonchev–Trinajstić information content (AvgIpc) is 2.24. The number of Topliss-reactive ketones (excluding diaryl/α,β-unsaturated/α-hetero) is 2. The topological polar surface area (TPSA) is 34.1 Å². The SMILES string of the molecule is CCC(C)CC(C)CC(C)C(CC(C)=O)C(C)=O. The molecular formula is C16H30O2. The molecule has 0 saturated heterocycles. The average molecular weight is 254 g/mol. The minimum absolute atomic E-state index is 0.0816. The fourth-order valence-corrected chi connectivity index (χ4v) is 2.80.